The van der Waals surface area contributed by atoms with Gasteiger partial charge in [0.2, 0.25) is 5.91 Å². The molecule has 3 N–H and O–H groups in total. The third-order valence-electron chi connectivity index (χ3n) is 10.2. The first-order chi connectivity index (χ1) is 23.1. The lowest BCUT2D eigenvalue weighted by molar-refractivity contribution is -0.131. The molecule has 0 radical (unpaired) electrons. The van der Waals surface area contributed by atoms with Gasteiger partial charge in [-0.05, 0) is 38.5 Å². The molecule has 0 saturated carbocycles. The van der Waals surface area contributed by atoms with Crippen molar-refractivity contribution in [2.24, 2.45) is 0 Å². The van der Waals surface area contributed by atoms with Gasteiger partial charge >= 0.3 is 0 Å². The first-order valence-electron chi connectivity index (χ1n) is 21.0. The summed E-state index contributed by atoms with van der Waals surface area (Å²) in [5, 5.41) is 23.8. The van der Waals surface area contributed by atoms with Crippen LogP contribution in [0.5, 0.6) is 0 Å². The molecule has 5 nitrogen and oxygen atoms in total. The summed E-state index contributed by atoms with van der Waals surface area (Å²) in [6.45, 7) is 4.84. The van der Waals surface area contributed by atoms with Crippen molar-refractivity contribution in [2.75, 3.05) is 6.61 Å². The van der Waals surface area contributed by atoms with Gasteiger partial charge in [0.1, 0.15) is 12.2 Å². The van der Waals surface area contributed by atoms with E-state index in [0.29, 0.717) is 13.0 Å². The third-order valence-corrected chi connectivity index (χ3v) is 10.2. The second-order valence-corrected chi connectivity index (χ2v) is 14.8. The smallest absolute Gasteiger partial charge is 0.249 e. The Kier molecular flexibility index (Phi) is 31.5. The number of ether oxygens (including phenoxy) is 1. The second-order valence-electron chi connectivity index (χ2n) is 14.8. The van der Waals surface area contributed by atoms with Gasteiger partial charge in [0.25, 0.3) is 0 Å². The quantitative estimate of drug-likeness (QED) is 0.0466. The molecule has 1 heterocycles. The Balaban J connectivity index is 1.86. The Bertz CT molecular complexity index is 698. The predicted molar refractivity (Wildman–Crippen MR) is 202 cm³/mol. The molecule has 1 aliphatic rings. The van der Waals surface area contributed by atoms with Crippen LogP contribution in [0.15, 0.2) is 12.2 Å². The van der Waals surface area contributed by atoms with Gasteiger partial charge in [0.15, 0.2) is 0 Å². The fourth-order valence-electron chi connectivity index (χ4n) is 6.96. The number of unbranched alkanes of at least 4 members (excludes halogenated alkanes) is 27. The summed E-state index contributed by atoms with van der Waals surface area (Å²) in [5.41, 5.74) is 0. The minimum atomic E-state index is -1.00. The number of allylic oxidation sites excluding steroid dienone is 2. The molecular formula is C42H81NO4. The minimum absolute atomic E-state index is 0.237. The summed E-state index contributed by atoms with van der Waals surface area (Å²) in [4.78, 5) is 12.5. The van der Waals surface area contributed by atoms with Crippen molar-refractivity contribution < 1.29 is 19.7 Å². The summed E-state index contributed by atoms with van der Waals surface area (Å²) in [6, 6.07) is -0.425. The van der Waals surface area contributed by atoms with Crippen LogP contribution in [0.3, 0.4) is 0 Å². The molecule has 1 rings (SSSR count). The van der Waals surface area contributed by atoms with Crippen molar-refractivity contribution in [2.45, 2.75) is 244 Å². The average molecular weight is 664 g/mol. The number of amides is 1. The van der Waals surface area contributed by atoms with E-state index in [1.165, 1.54) is 161 Å². The molecule has 47 heavy (non-hydrogen) atoms. The lowest BCUT2D eigenvalue weighted by Crippen LogP contribution is -2.48. The van der Waals surface area contributed by atoms with E-state index in [4.69, 9.17) is 4.74 Å². The van der Waals surface area contributed by atoms with Gasteiger partial charge in [-0.25, -0.2) is 0 Å². The molecule has 5 heteroatoms. The van der Waals surface area contributed by atoms with E-state index in [1.54, 1.807) is 0 Å². The molecule has 0 aromatic carbocycles. The van der Waals surface area contributed by atoms with Crippen LogP contribution in [0.2, 0.25) is 0 Å². The van der Waals surface area contributed by atoms with Crippen LogP contribution in [-0.4, -0.2) is 47.1 Å². The standard InChI is InChI=1S/C42H81NO4/c1-3-5-7-9-11-13-14-15-16-17-18-19-20-21-22-23-24-25-26-28-29-31-33-35-39(44)42(46)43-38-37-47-40(41(38)45)36-34-32-30-27-12-10-8-6-4-2/h27,30,38-41,44-45H,3-26,28-29,31-37H2,1-2H3,(H,43,46)/b30-27+/t38-,39+,40-,41-/m0/s1. The third kappa shape index (κ3) is 26.6. The normalized spacial score (nSPS) is 18.8. The summed E-state index contributed by atoms with van der Waals surface area (Å²) in [6.07, 6.45) is 43.4. The number of nitrogens with one attached hydrogen (secondary N) is 1. The monoisotopic (exact) mass is 664 g/mol. The van der Waals surface area contributed by atoms with Crippen LogP contribution in [-0.2, 0) is 9.53 Å². The number of rotatable bonds is 35. The molecule has 0 bridgehead atoms. The number of carbonyl (C=O) groups excluding carboxylic acids is 1. The highest BCUT2D eigenvalue weighted by Gasteiger charge is 2.37. The maximum absolute atomic E-state index is 12.5. The van der Waals surface area contributed by atoms with E-state index in [2.05, 4.69) is 31.3 Å². The molecule has 0 aromatic rings. The fourth-order valence-corrected chi connectivity index (χ4v) is 6.96. The number of carbonyl (C=O) groups is 1. The number of aliphatic hydroxyl groups excluding tert-OH is 2. The van der Waals surface area contributed by atoms with Gasteiger partial charge in [-0.3, -0.25) is 4.79 Å². The van der Waals surface area contributed by atoms with E-state index < -0.39 is 18.2 Å². The zero-order valence-electron chi connectivity index (χ0n) is 31.5. The Hall–Kier alpha value is -0.910. The highest BCUT2D eigenvalue weighted by atomic mass is 16.5. The van der Waals surface area contributed by atoms with Crippen LogP contribution >= 0.6 is 0 Å². The first kappa shape index (κ1) is 44.1. The highest BCUT2D eigenvalue weighted by molar-refractivity contribution is 5.80. The average Bonchev–Trinajstić information content (AvgIpc) is 3.42. The number of hydrogen-bond acceptors (Lipinski definition) is 4. The SMILES string of the molecule is CCCCCC/C=C/CCC[C@@H]1OC[C@H](NC(=O)[C@H](O)CCCCCCCCCCCCCCCCCCCCCCCCC)[C@@H]1O. The van der Waals surface area contributed by atoms with Crippen molar-refractivity contribution >= 4 is 5.91 Å². The molecule has 1 aliphatic heterocycles. The van der Waals surface area contributed by atoms with Crippen LogP contribution < -0.4 is 5.32 Å². The maximum atomic E-state index is 12.5. The van der Waals surface area contributed by atoms with Crippen molar-refractivity contribution in [3.63, 3.8) is 0 Å². The van der Waals surface area contributed by atoms with Gasteiger partial charge in [-0.2, -0.15) is 0 Å². The molecule has 0 unspecified atom stereocenters. The van der Waals surface area contributed by atoms with Gasteiger partial charge in [-0.15, -0.1) is 0 Å². The largest absolute Gasteiger partial charge is 0.388 e. The van der Waals surface area contributed by atoms with Gasteiger partial charge in [-0.1, -0.05) is 193 Å². The number of aliphatic hydroxyl groups is 2. The van der Waals surface area contributed by atoms with Gasteiger partial charge in [0, 0.05) is 0 Å². The van der Waals surface area contributed by atoms with E-state index in [-0.39, 0.29) is 12.0 Å². The molecule has 1 fully saturated rings. The zero-order valence-corrected chi connectivity index (χ0v) is 31.5. The molecule has 0 aromatic heterocycles. The topological polar surface area (TPSA) is 78.8 Å². The van der Waals surface area contributed by atoms with E-state index in [9.17, 15) is 15.0 Å². The van der Waals surface area contributed by atoms with Gasteiger partial charge < -0.3 is 20.3 Å². The van der Waals surface area contributed by atoms with Crippen LogP contribution in [0.25, 0.3) is 0 Å². The van der Waals surface area contributed by atoms with Crippen LogP contribution in [0.4, 0.5) is 0 Å². The Morgan fingerprint density at radius 2 is 1.00 bits per heavy atom. The molecule has 0 spiro atoms. The summed E-state index contributed by atoms with van der Waals surface area (Å²) >= 11 is 0. The number of hydrogen-bond donors (Lipinski definition) is 3. The molecular weight excluding hydrogens is 582 g/mol. The fraction of sp³-hybridized carbons (Fsp3) is 0.929. The lowest BCUT2D eigenvalue weighted by Gasteiger charge is -2.20. The summed E-state index contributed by atoms with van der Waals surface area (Å²) in [7, 11) is 0. The van der Waals surface area contributed by atoms with E-state index in [0.717, 1.165) is 38.5 Å². The van der Waals surface area contributed by atoms with Crippen LogP contribution in [0, 0.1) is 0 Å². The second kappa shape index (κ2) is 33.6. The highest BCUT2D eigenvalue weighted by Crippen LogP contribution is 2.21. The van der Waals surface area contributed by atoms with Crippen LogP contribution in [0.1, 0.15) is 219 Å². The van der Waals surface area contributed by atoms with Gasteiger partial charge in [0.05, 0.1) is 18.8 Å². The van der Waals surface area contributed by atoms with E-state index >= 15 is 0 Å². The van der Waals surface area contributed by atoms with Crippen molar-refractivity contribution in [3.8, 4) is 0 Å². The zero-order chi connectivity index (χ0) is 34.0. The Morgan fingerprint density at radius 1 is 0.617 bits per heavy atom. The predicted octanol–water partition coefficient (Wildman–Crippen LogP) is 11.7. The van der Waals surface area contributed by atoms with E-state index in [1.807, 2.05) is 0 Å². The molecule has 4 atom stereocenters. The van der Waals surface area contributed by atoms with Crippen molar-refractivity contribution in [1.29, 1.82) is 0 Å². The molecule has 0 aliphatic carbocycles. The van der Waals surface area contributed by atoms with Crippen molar-refractivity contribution in [1.82, 2.24) is 5.32 Å². The first-order valence-corrected chi connectivity index (χ1v) is 21.0. The molecule has 1 saturated heterocycles. The Labute approximate surface area is 292 Å². The Morgan fingerprint density at radius 3 is 1.45 bits per heavy atom. The summed E-state index contributed by atoms with van der Waals surface area (Å²) in [5.74, 6) is -0.372. The lowest BCUT2D eigenvalue weighted by atomic mass is 10.0. The maximum Gasteiger partial charge on any atom is 0.249 e. The minimum Gasteiger partial charge on any atom is -0.388 e. The summed E-state index contributed by atoms with van der Waals surface area (Å²) < 4.78 is 5.77. The molecule has 278 valence electrons. The molecule has 1 amide bonds. The van der Waals surface area contributed by atoms with Crippen molar-refractivity contribution in [3.05, 3.63) is 12.2 Å².